The van der Waals surface area contributed by atoms with E-state index in [0.717, 1.165) is 30.8 Å². The molecule has 2 heterocycles. The van der Waals surface area contributed by atoms with Crippen LogP contribution in [0.2, 0.25) is 0 Å². The van der Waals surface area contributed by atoms with Crippen molar-refractivity contribution in [1.82, 2.24) is 4.90 Å². The largest absolute Gasteiger partial charge is 0.378 e. The molecule has 2 rings (SSSR count). The van der Waals surface area contributed by atoms with Crippen molar-refractivity contribution in [1.29, 1.82) is 0 Å². The molecule has 0 atom stereocenters. The number of morpholine rings is 1. The van der Waals surface area contributed by atoms with Gasteiger partial charge in [0.2, 0.25) is 0 Å². The predicted octanol–water partition coefficient (Wildman–Crippen LogP) is 1.66. The summed E-state index contributed by atoms with van der Waals surface area (Å²) in [5.41, 5.74) is 5.92. The highest BCUT2D eigenvalue weighted by atomic mass is 79.9. The van der Waals surface area contributed by atoms with Crippen LogP contribution in [0.4, 0.5) is 0 Å². The number of nitrogens with zero attached hydrogens (tertiary/aromatic N) is 2. The van der Waals surface area contributed by atoms with Gasteiger partial charge in [0, 0.05) is 22.4 Å². The smallest absolute Gasteiger partial charge is 0.191 e. The second-order valence-corrected chi connectivity index (χ2v) is 5.32. The van der Waals surface area contributed by atoms with Crippen molar-refractivity contribution in [2.75, 3.05) is 26.3 Å². The van der Waals surface area contributed by atoms with Crippen LogP contribution >= 0.6 is 27.3 Å². The average molecular weight is 304 g/mol. The summed E-state index contributed by atoms with van der Waals surface area (Å²) in [4.78, 5) is 7.66. The molecule has 0 unspecified atom stereocenters. The first-order chi connectivity index (χ1) is 7.77. The first kappa shape index (κ1) is 11.9. The maximum Gasteiger partial charge on any atom is 0.191 e. The maximum absolute atomic E-state index is 5.92. The van der Waals surface area contributed by atoms with E-state index in [1.54, 1.807) is 11.3 Å². The maximum atomic E-state index is 5.92. The van der Waals surface area contributed by atoms with E-state index < -0.39 is 0 Å². The molecule has 0 bridgehead atoms. The molecule has 1 fully saturated rings. The number of halogens is 1. The summed E-state index contributed by atoms with van der Waals surface area (Å²) >= 11 is 5.16. The van der Waals surface area contributed by atoms with Gasteiger partial charge in [0.1, 0.15) is 0 Å². The van der Waals surface area contributed by atoms with E-state index in [1.807, 2.05) is 11.4 Å². The quantitative estimate of drug-likeness (QED) is 0.668. The Hall–Kier alpha value is -0.590. The van der Waals surface area contributed by atoms with Crippen LogP contribution in [0.1, 0.15) is 4.88 Å². The summed E-state index contributed by atoms with van der Waals surface area (Å²) < 4.78 is 6.37. The van der Waals surface area contributed by atoms with Crippen LogP contribution in [0.3, 0.4) is 0 Å². The molecular weight excluding hydrogens is 290 g/mol. The molecule has 6 heteroatoms. The van der Waals surface area contributed by atoms with Crippen LogP contribution in [0, 0.1) is 0 Å². The van der Waals surface area contributed by atoms with Gasteiger partial charge < -0.3 is 15.4 Å². The molecule has 4 nitrogen and oxygen atoms in total. The number of guanidine groups is 1. The Morgan fingerprint density at radius 1 is 1.56 bits per heavy atom. The summed E-state index contributed by atoms with van der Waals surface area (Å²) in [5.74, 6) is 0.614. The van der Waals surface area contributed by atoms with E-state index in [2.05, 4.69) is 25.8 Å². The molecule has 1 aromatic rings. The third kappa shape index (κ3) is 2.96. The summed E-state index contributed by atoms with van der Waals surface area (Å²) in [7, 11) is 0. The standard InChI is InChI=1S/C10H14BrN3OS/c11-8-1-6-16-9(8)7-13-10(12)14-2-4-15-5-3-14/h1,6H,2-5,7H2,(H2,12,13). The van der Waals surface area contributed by atoms with Gasteiger partial charge in [0.05, 0.1) is 19.8 Å². The molecule has 1 aliphatic rings. The van der Waals surface area contributed by atoms with Crippen molar-refractivity contribution in [3.63, 3.8) is 0 Å². The fourth-order valence-corrected chi connectivity index (χ4v) is 2.88. The minimum atomic E-state index is 0.614. The molecule has 0 radical (unpaired) electrons. The van der Waals surface area contributed by atoms with Crippen molar-refractivity contribution in [2.24, 2.45) is 10.7 Å². The van der Waals surface area contributed by atoms with Crippen LogP contribution in [0.5, 0.6) is 0 Å². The summed E-state index contributed by atoms with van der Waals surface area (Å²) in [6.07, 6.45) is 0. The highest BCUT2D eigenvalue weighted by Crippen LogP contribution is 2.23. The molecule has 0 saturated carbocycles. The summed E-state index contributed by atoms with van der Waals surface area (Å²) in [6.45, 7) is 3.78. The van der Waals surface area contributed by atoms with Gasteiger partial charge >= 0.3 is 0 Å². The van der Waals surface area contributed by atoms with Gasteiger partial charge in [-0.1, -0.05) is 0 Å². The van der Waals surface area contributed by atoms with E-state index >= 15 is 0 Å². The monoisotopic (exact) mass is 303 g/mol. The minimum Gasteiger partial charge on any atom is -0.378 e. The Labute approximate surface area is 107 Å². The molecule has 1 aromatic heterocycles. The van der Waals surface area contributed by atoms with Crippen LogP contribution < -0.4 is 5.73 Å². The van der Waals surface area contributed by atoms with Crippen LogP contribution in [-0.2, 0) is 11.3 Å². The van der Waals surface area contributed by atoms with Crippen LogP contribution in [-0.4, -0.2) is 37.2 Å². The fraction of sp³-hybridized carbons (Fsp3) is 0.500. The van der Waals surface area contributed by atoms with Gasteiger partial charge in [-0.15, -0.1) is 11.3 Å². The number of thiophene rings is 1. The molecule has 0 amide bonds. The van der Waals surface area contributed by atoms with E-state index in [9.17, 15) is 0 Å². The van der Waals surface area contributed by atoms with E-state index in [4.69, 9.17) is 10.5 Å². The van der Waals surface area contributed by atoms with Gasteiger partial charge in [-0.3, -0.25) is 0 Å². The molecule has 2 N–H and O–H groups in total. The Morgan fingerprint density at radius 3 is 2.94 bits per heavy atom. The number of hydrogen-bond acceptors (Lipinski definition) is 3. The van der Waals surface area contributed by atoms with Crippen molar-refractivity contribution in [3.8, 4) is 0 Å². The van der Waals surface area contributed by atoms with E-state index in [0.29, 0.717) is 12.5 Å². The minimum absolute atomic E-state index is 0.614. The highest BCUT2D eigenvalue weighted by Gasteiger charge is 2.12. The Bertz CT molecular complexity index is 374. The number of rotatable bonds is 2. The fourth-order valence-electron chi connectivity index (χ4n) is 1.48. The first-order valence-electron chi connectivity index (χ1n) is 5.12. The van der Waals surface area contributed by atoms with Gasteiger partial charge in [0.25, 0.3) is 0 Å². The van der Waals surface area contributed by atoms with Crippen molar-refractivity contribution >= 4 is 33.2 Å². The summed E-state index contributed by atoms with van der Waals surface area (Å²) in [6, 6.07) is 2.03. The highest BCUT2D eigenvalue weighted by molar-refractivity contribution is 9.10. The lowest BCUT2D eigenvalue weighted by Gasteiger charge is -2.27. The summed E-state index contributed by atoms with van der Waals surface area (Å²) in [5, 5.41) is 2.04. The average Bonchev–Trinajstić information content (AvgIpc) is 2.73. The molecular formula is C10H14BrN3OS. The van der Waals surface area contributed by atoms with Crippen LogP contribution in [0.15, 0.2) is 20.9 Å². The molecule has 1 aliphatic heterocycles. The molecule has 16 heavy (non-hydrogen) atoms. The van der Waals surface area contributed by atoms with Gasteiger partial charge in [-0.05, 0) is 27.4 Å². The van der Waals surface area contributed by atoms with Gasteiger partial charge in [0.15, 0.2) is 5.96 Å². The first-order valence-corrected chi connectivity index (χ1v) is 6.79. The van der Waals surface area contributed by atoms with E-state index in [1.165, 1.54) is 4.88 Å². The zero-order valence-electron chi connectivity index (χ0n) is 8.86. The topological polar surface area (TPSA) is 50.8 Å². The number of aliphatic imine (C=N–C) groups is 1. The lowest BCUT2D eigenvalue weighted by molar-refractivity contribution is 0.0674. The molecule has 0 aromatic carbocycles. The Morgan fingerprint density at radius 2 is 2.31 bits per heavy atom. The SMILES string of the molecule is NC(=NCc1sccc1Br)N1CCOCC1. The van der Waals surface area contributed by atoms with Crippen molar-refractivity contribution in [3.05, 3.63) is 20.8 Å². The zero-order valence-corrected chi connectivity index (χ0v) is 11.3. The Balaban J connectivity index is 1.93. The Kier molecular flexibility index (Phi) is 4.20. The van der Waals surface area contributed by atoms with Crippen molar-refractivity contribution in [2.45, 2.75) is 6.54 Å². The molecule has 0 aliphatic carbocycles. The van der Waals surface area contributed by atoms with Crippen molar-refractivity contribution < 1.29 is 4.74 Å². The third-order valence-corrected chi connectivity index (χ3v) is 4.32. The lowest BCUT2D eigenvalue weighted by Crippen LogP contribution is -2.44. The van der Waals surface area contributed by atoms with Gasteiger partial charge in [-0.25, -0.2) is 4.99 Å². The van der Waals surface area contributed by atoms with E-state index in [-0.39, 0.29) is 0 Å². The second kappa shape index (κ2) is 5.65. The number of hydrogen-bond donors (Lipinski definition) is 1. The number of nitrogens with two attached hydrogens (primary N) is 1. The molecule has 88 valence electrons. The van der Waals surface area contributed by atoms with Gasteiger partial charge in [-0.2, -0.15) is 0 Å². The number of ether oxygens (including phenoxy) is 1. The molecule has 0 spiro atoms. The predicted molar refractivity (Wildman–Crippen MR) is 69.7 cm³/mol. The lowest BCUT2D eigenvalue weighted by atomic mass is 10.4. The van der Waals surface area contributed by atoms with Crippen LogP contribution in [0.25, 0.3) is 0 Å². The normalized spacial score (nSPS) is 17.8. The molecule has 1 saturated heterocycles. The third-order valence-electron chi connectivity index (χ3n) is 2.41. The second-order valence-electron chi connectivity index (χ2n) is 3.47. The zero-order chi connectivity index (χ0) is 11.4.